The summed E-state index contributed by atoms with van der Waals surface area (Å²) in [5.41, 5.74) is 5.70. The third-order valence-corrected chi connectivity index (χ3v) is 2.46. The highest BCUT2D eigenvalue weighted by molar-refractivity contribution is 5.94. The molecule has 0 aromatic heterocycles. The van der Waals surface area contributed by atoms with Gasteiger partial charge in [-0.05, 0) is 32.0 Å². The van der Waals surface area contributed by atoms with Crippen LogP contribution in [-0.2, 0) is 9.53 Å². The van der Waals surface area contributed by atoms with Crippen LogP contribution < -0.4 is 10.6 Å². The van der Waals surface area contributed by atoms with Crippen molar-refractivity contribution in [3.63, 3.8) is 0 Å². The van der Waals surface area contributed by atoms with Crippen LogP contribution in [0.5, 0.6) is 0 Å². The minimum Gasteiger partial charge on any atom is -0.372 e. The number of hydrogen-bond donors (Lipinski definition) is 1. The molecule has 5 heteroatoms. The predicted octanol–water partition coefficient (Wildman–Crippen LogP) is 1.54. The van der Waals surface area contributed by atoms with Crippen LogP contribution in [0, 0.1) is 5.82 Å². The largest absolute Gasteiger partial charge is 0.372 e. The summed E-state index contributed by atoms with van der Waals surface area (Å²) in [7, 11) is 0. The first-order chi connectivity index (χ1) is 8.70. The Morgan fingerprint density at radius 3 is 2.78 bits per heavy atom. The van der Waals surface area contributed by atoms with Gasteiger partial charge in [-0.2, -0.15) is 0 Å². The molecule has 1 aromatic carbocycles. The van der Waals surface area contributed by atoms with Crippen LogP contribution >= 0.6 is 0 Å². The third-order valence-electron chi connectivity index (χ3n) is 2.46. The summed E-state index contributed by atoms with van der Waals surface area (Å²) in [4.78, 5) is 13.3. The normalized spacial score (nSPS) is 10.4. The van der Waals surface area contributed by atoms with Crippen molar-refractivity contribution in [1.29, 1.82) is 0 Å². The van der Waals surface area contributed by atoms with Gasteiger partial charge in [0.2, 0.25) is 0 Å². The maximum Gasteiger partial charge on any atom is 0.253 e. The van der Waals surface area contributed by atoms with Crippen LogP contribution in [0.4, 0.5) is 10.1 Å². The van der Waals surface area contributed by atoms with Gasteiger partial charge < -0.3 is 15.4 Å². The molecule has 0 fully saturated rings. The van der Waals surface area contributed by atoms with Crippen molar-refractivity contribution in [2.24, 2.45) is 5.73 Å². The van der Waals surface area contributed by atoms with E-state index < -0.39 is 5.82 Å². The predicted molar refractivity (Wildman–Crippen MR) is 68.9 cm³/mol. The summed E-state index contributed by atoms with van der Waals surface area (Å²) in [6.45, 7) is 3.06. The zero-order chi connectivity index (χ0) is 13.4. The topological polar surface area (TPSA) is 55.6 Å². The number of nitrogens with two attached hydrogens (primary N) is 1. The van der Waals surface area contributed by atoms with Crippen molar-refractivity contribution in [3.05, 3.63) is 30.1 Å². The number of anilines is 1. The number of carbonyl (C=O) groups excluding carboxylic acids is 1. The molecule has 0 saturated carbocycles. The summed E-state index contributed by atoms with van der Waals surface area (Å²) in [5.74, 6) is -0.672. The van der Waals surface area contributed by atoms with E-state index in [0.29, 0.717) is 26.1 Å². The molecule has 4 nitrogen and oxygen atoms in total. The Hall–Kier alpha value is -1.46. The number of halogens is 1. The lowest BCUT2D eigenvalue weighted by Crippen LogP contribution is -2.36. The molecule has 0 aliphatic carbocycles. The van der Waals surface area contributed by atoms with Gasteiger partial charge in [0.25, 0.3) is 5.91 Å². The molecule has 1 aromatic rings. The first kappa shape index (κ1) is 14.6. The highest BCUT2D eigenvalue weighted by Gasteiger charge is 2.18. The van der Waals surface area contributed by atoms with Gasteiger partial charge in [0, 0.05) is 13.2 Å². The second kappa shape index (κ2) is 7.79. The molecule has 0 unspecified atom stereocenters. The zero-order valence-electron chi connectivity index (χ0n) is 10.6. The fourth-order valence-corrected chi connectivity index (χ4v) is 1.57. The van der Waals surface area contributed by atoms with Crippen molar-refractivity contribution in [2.45, 2.75) is 13.3 Å². The standard InChI is InChI=1S/C13H19FN2O2/c1-2-18-10-13(17)16(9-5-8-15)12-7-4-3-6-11(12)14/h3-4,6-7H,2,5,8-10,15H2,1H3. The van der Waals surface area contributed by atoms with Gasteiger partial charge in [0.15, 0.2) is 0 Å². The molecule has 0 heterocycles. The number of rotatable bonds is 7. The van der Waals surface area contributed by atoms with E-state index in [-0.39, 0.29) is 18.2 Å². The smallest absolute Gasteiger partial charge is 0.253 e. The molecule has 2 N–H and O–H groups in total. The molecule has 1 rings (SSSR count). The Kier molecular flexibility index (Phi) is 6.32. The van der Waals surface area contributed by atoms with Crippen molar-refractivity contribution in [2.75, 3.05) is 31.2 Å². The van der Waals surface area contributed by atoms with Gasteiger partial charge in [0.1, 0.15) is 12.4 Å². The monoisotopic (exact) mass is 254 g/mol. The summed E-state index contributed by atoms with van der Waals surface area (Å²) in [6.07, 6.45) is 0.617. The highest BCUT2D eigenvalue weighted by Crippen LogP contribution is 2.19. The van der Waals surface area contributed by atoms with Gasteiger partial charge in [0.05, 0.1) is 5.69 Å². The van der Waals surface area contributed by atoms with E-state index >= 15 is 0 Å². The van der Waals surface area contributed by atoms with Gasteiger partial charge in [-0.1, -0.05) is 12.1 Å². The molecule has 0 bridgehead atoms. The Morgan fingerprint density at radius 2 is 2.17 bits per heavy atom. The fourth-order valence-electron chi connectivity index (χ4n) is 1.57. The van der Waals surface area contributed by atoms with Crippen molar-refractivity contribution in [3.8, 4) is 0 Å². The number of hydrogen-bond acceptors (Lipinski definition) is 3. The minimum absolute atomic E-state index is 0.0462. The van der Waals surface area contributed by atoms with Crippen LogP contribution in [0.3, 0.4) is 0 Å². The molecule has 0 spiro atoms. The number of para-hydroxylation sites is 1. The van der Waals surface area contributed by atoms with Gasteiger partial charge in [-0.15, -0.1) is 0 Å². The van der Waals surface area contributed by atoms with E-state index in [1.54, 1.807) is 25.1 Å². The van der Waals surface area contributed by atoms with E-state index in [0.717, 1.165) is 0 Å². The van der Waals surface area contributed by atoms with Crippen LogP contribution in [0.25, 0.3) is 0 Å². The average molecular weight is 254 g/mol. The lowest BCUT2D eigenvalue weighted by molar-refractivity contribution is -0.123. The maximum atomic E-state index is 13.7. The second-order valence-corrected chi connectivity index (χ2v) is 3.78. The molecule has 0 atom stereocenters. The SMILES string of the molecule is CCOCC(=O)N(CCCN)c1ccccc1F. The summed E-state index contributed by atoms with van der Waals surface area (Å²) in [5, 5.41) is 0. The van der Waals surface area contributed by atoms with Gasteiger partial charge in [-0.25, -0.2) is 4.39 Å². The Balaban J connectivity index is 2.83. The van der Waals surface area contributed by atoms with Gasteiger partial charge in [-0.3, -0.25) is 4.79 Å². The van der Waals surface area contributed by atoms with Crippen molar-refractivity contribution in [1.82, 2.24) is 0 Å². The van der Waals surface area contributed by atoms with Crippen molar-refractivity contribution < 1.29 is 13.9 Å². The molecular formula is C13H19FN2O2. The number of ether oxygens (including phenoxy) is 1. The number of nitrogens with zero attached hydrogens (tertiary/aromatic N) is 1. The Morgan fingerprint density at radius 1 is 1.44 bits per heavy atom. The summed E-state index contributed by atoms with van der Waals surface area (Å²) in [6, 6.07) is 6.20. The maximum absolute atomic E-state index is 13.7. The summed E-state index contributed by atoms with van der Waals surface area (Å²) >= 11 is 0. The molecule has 1 amide bonds. The number of amides is 1. The summed E-state index contributed by atoms with van der Waals surface area (Å²) < 4.78 is 18.8. The van der Waals surface area contributed by atoms with Gasteiger partial charge >= 0.3 is 0 Å². The quantitative estimate of drug-likeness (QED) is 0.803. The van der Waals surface area contributed by atoms with E-state index in [2.05, 4.69) is 0 Å². The average Bonchev–Trinajstić information content (AvgIpc) is 2.38. The van der Waals surface area contributed by atoms with Crippen LogP contribution in [-0.4, -0.2) is 32.2 Å². The number of benzene rings is 1. The zero-order valence-corrected chi connectivity index (χ0v) is 10.6. The molecule has 0 saturated heterocycles. The first-order valence-electron chi connectivity index (χ1n) is 6.03. The molecule has 0 aliphatic heterocycles. The Labute approximate surface area is 107 Å². The number of carbonyl (C=O) groups is 1. The van der Waals surface area contributed by atoms with E-state index in [4.69, 9.17) is 10.5 Å². The molecule has 0 radical (unpaired) electrons. The first-order valence-corrected chi connectivity index (χ1v) is 6.03. The van der Waals surface area contributed by atoms with E-state index in [1.165, 1.54) is 11.0 Å². The lowest BCUT2D eigenvalue weighted by atomic mass is 10.2. The van der Waals surface area contributed by atoms with Crippen LogP contribution in [0.1, 0.15) is 13.3 Å². The second-order valence-electron chi connectivity index (χ2n) is 3.78. The third kappa shape index (κ3) is 4.09. The van der Waals surface area contributed by atoms with Crippen LogP contribution in [0.2, 0.25) is 0 Å². The molecule has 18 heavy (non-hydrogen) atoms. The lowest BCUT2D eigenvalue weighted by Gasteiger charge is -2.23. The molecule has 0 aliphatic rings. The van der Waals surface area contributed by atoms with E-state index in [9.17, 15) is 9.18 Å². The molecule has 100 valence electrons. The van der Waals surface area contributed by atoms with Crippen molar-refractivity contribution >= 4 is 11.6 Å². The van der Waals surface area contributed by atoms with Crippen LogP contribution in [0.15, 0.2) is 24.3 Å². The van der Waals surface area contributed by atoms with E-state index in [1.807, 2.05) is 0 Å². The fraction of sp³-hybridized carbons (Fsp3) is 0.462. The highest BCUT2D eigenvalue weighted by atomic mass is 19.1. The molecular weight excluding hydrogens is 235 g/mol. The minimum atomic E-state index is -0.417. The Bertz CT molecular complexity index is 385.